The summed E-state index contributed by atoms with van der Waals surface area (Å²) >= 11 is 3.15. The Labute approximate surface area is 304 Å². The van der Waals surface area contributed by atoms with Gasteiger partial charge in [0.15, 0.2) is 0 Å². The van der Waals surface area contributed by atoms with Gasteiger partial charge in [-0.2, -0.15) is 17.6 Å². The molecule has 0 aliphatic heterocycles. The summed E-state index contributed by atoms with van der Waals surface area (Å²) in [4.78, 5) is 2.26. The number of alkyl halides is 6. The Kier molecular flexibility index (Phi) is 22.9. The van der Waals surface area contributed by atoms with Gasteiger partial charge in [0, 0.05) is 22.6 Å². The third kappa shape index (κ3) is 24.0. The predicted molar refractivity (Wildman–Crippen MR) is 173 cm³/mol. The average Bonchev–Trinajstić information content (AvgIpc) is 3.77. The highest BCUT2D eigenvalue weighted by Crippen LogP contribution is 2.33. The summed E-state index contributed by atoms with van der Waals surface area (Å²) in [7, 11) is 0. The van der Waals surface area contributed by atoms with Crippen LogP contribution in [0.3, 0.4) is 0 Å². The molecule has 4 atom stereocenters. The molecule has 21 heteroatoms. The van der Waals surface area contributed by atoms with E-state index in [1.165, 1.54) is 0 Å². The third-order valence-corrected chi connectivity index (χ3v) is 7.95. The molecule has 0 aromatic carbocycles. The first-order chi connectivity index (χ1) is 24.6. The van der Waals surface area contributed by atoms with Gasteiger partial charge in [-0.15, -0.1) is 31.5 Å². The molecule has 4 unspecified atom stereocenters. The molecule has 2 aromatic rings. The van der Waals surface area contributed by atoms with Crippen LogP contribution in [0.4, 0.5) is 26.3 Å². The summed E-state index contributed by atoms with van der Waals surface area (Å²) in [6.07, 6.45) is -18.3. The molecule has 0 aliphatic carbocycles. The molecule has 0 amide bonds. The van der Waals surface area contributed by atoms with Gasteiger partial charge in [-0.25, -0.2) is 9.47 Å². The monoisotopic (exact) mass is 804 g/mol. The highest BCUT2D eigenvalue weighted by molar-refractivity contribution is 7.10. The number of thiophene rings is 2. The Morgan fingerprint density at radius 2 is 0.827 bits per heavy atom. The molecule has 0 saturated heterocycles. The molecular weight excluding hydrogens is 758 g/mol. The molecule has 2 rings (SSSR count). The fourth-order valence-electron chi connectivity index (χ4n) is 3.84. The van der Waals surface area contributed by atoms with E-state index in [2.05, 4.69) is 18.9 Å². The Morgan fingerprint density at radius 3 is 1.23 bits per heavy atom. The van der Waals surface area contributed by atoms with Crippen LogP contribution in [0.25, 0.3) is 0 Å². The molecule has 2 aromatic heterocycles. The molecular formula is C31H46F6O13S2. The lowest BCUT2D eigenvalue weighted by molar-refractivity contribution is -0.518. The quantitative estimate of drug-likeness (QED) is 0.0474. The molecule has 0 spiro atoms. The standard InChI is InChI=1S/C31H46F6O13S2/c32-29(33,21-45-10-9-44-15-25(40)18-46-16-23(38)13-42-7-5-27-3-1-11-51-27)49-31(36,37)50-30(34,35)22-48-20-26(41)19-47-17-24(39)14-43-8-6-28-4-2-12-52-28/h1-4,11-12,23-26,38-41H,5-10,13-22H2. The van der Waals surface area contributed by atoms with Crippen molar-refractivity contribution in [2.24, 2.45) is 0 Å². The molecule has 0 aliphatic rings. The maximum absolute atomic E-state index is 13.8. The highest BCUT2D eigenvalue weighted by atomic mass is 32.1. The van der Waals surface area contributed by atoms with Crippen LogP contribution in [0, 0.1) is 0 Å². The predicted octanol–water partition coefficient (Wildman–Crippen LogP) is 2.92. The van der Waals surface area contributed by atoms with Crippen LogP contribution >= 0.6 is 22.7 Å². The van der Waals surface area contributed by atoms with E-state index < -0.39 is 76.0 Å². The van der Waals surface area contributed by atoms with E-state index in [0.717, 1.165) is 9.75 Å². The minimum absolute atomic E-state index is 0.0303. The SMILES string of the molecule is OC(COCCOCC(F)(F)OC(F)(F)OC(F)(F)COCC(O)COCC(O)COCCc1cccs1)COCC(O)COCCc1cccs1. The van der Waals surface area contributed by atoms with Crippen molar-refractivity contribution in [2.75, 3.05) is 92.5 Å². The van der Waals surface area contributed by atoms with Crippen LogP contribution < -0.4 is 0 Å². The minimum Gasteiger partial charge on any atom is -0.388 e. The van der Waals surface area contributed by atoms with E-state index >= 15 is 0 Å². The van der Waals surface area contributed by atoms with E-state index in [1.54, 1.807) is 22.7 Å². The van der Waals surface area contributed by atoms with Gasteiger partial charge >= 0.3 is 18.5 Å². The lowest BCUT2D eigenvalue weighted by atomic mass is 10.3. The zero-order chi connectivity index (χ0) is 38.3. The van der Waals surface area contributed by atoms with Gasteiger partial charge in [0.25, 0.3) is 0 Å². The maximum atomic E-state index is 13.8. The Bertz CT molecular complexity index is 1140. The van der Waals surface area contributed by atoms with Gasteiger partial charge < -0.3 is 53.6 Å². The van der Waals surface area contributed by atoms with Gasteiger partial charge in [-0.3, -0.25) is 0 Å². The van der Waals surface area contributed by atoms with E-state index in [0.29, 0.717) is 26.1 Å². The maximum Gasteiger partial charge on any atom is 0.495 e. The van der Waals surface area contributed by atoms with Crippen molar-refractivity contribution in [1.82, 2.24) is 0 Å². The Hall–Kier alpha value is -1.54. The molecule has 0 fully saturated rings. The lowest BCUT2D eigenvalue weighted by Gasteiger charge is -2.26. The van der Waals surface area contributed by atoms with Crippen LogP contribution in [0.2, 0.25) is 0 Å². The first-order valence-electron chi connectivity index (χ1n) is 16.0. The summed E-state index contributed by atoms with van der Waals surface area (Å²) in [6, 6.07) is 7.72. The van der Waals surface area contributed by atoms with Crippen LogP contribution in [0.5, 0.6) is 0 Å². The highest BCUT2D eigenvalue weighted by Gasteiger charge is 2.52. The molecule has 52 heavy (non-hydrogen) atoms. The molecule has 0 bridgehead atoms. The van der Waals surface area contributed by atoms with Gasteiger partial charge in [0.1, 0.15) is 37.6 Å². The molecule has 0 radical (unpaired) electrons. The molecule has 4 N–H and O–H groups in total. The van der Waals surface area contributed by atoms with Crippen molar-refractivity contribution < 1.29 is 89.4 Å². The van der Waals surface area contributed by atoms with E-state index in [1.807, 2.05) is 35.0 Å². The second-order valence-corrected chi connectivity index (χ2v) is 13.1. The van der Waals surface area contributed by atoms with Crippen molar-refractivity contribution in [2.45, 2.75) is 55.8 Å². The van der Waals surface area contributed by atoms with Crippen molar-refractivity contribution >= 4 is 22.7 Å². The first kappa shape index (κ1) is 46.6. The van der Waals surface area contributed by atoms with Gasteiger partial charge in [-0.1, -0.05) is 12.1 Å². The van der Waals surface area contributed by atoms with Gasteiger partial charge in [0.2, 0.25) is 0 Å². The Balaban J connectivity index is 1.47. The molecule has 13 nitrogen and oxygen atoms in total. The zero-order valence-electron chi connectivity index (χ0n) is 28.1. The zero-order valence-corrected chi connectivity index (χ0v) is 29.8. The van der Waals surface area contributed by atoms with E-state index in [-0.39, 0.29) is 46.2 Å². The van der Waals surface area contributed by atoms with E-state index in [9.17, 15) is 46.8 Å². The average molecular weight is 805 g/mol. The Morgan fingerprint density at radius 1 is 0.481 bits per heavy atom. The number of rotatable bonds is 33. The molecule has 2 heterocycles. The largest absolute Gasteiger partial charge is 0.495 e. The topological polar surface area (TPSA) is 164 Å². The fourth-order valence-corrected chi connectivity index (χ4v) is 5.22. The van der Waals surface area contributed by atoms with Crippen LogP contribution in [-0.4, -0.2) is 156 Å². The second kappa shape index (κ2) is 25.5. The summed E-state index contributed by atoms with van der Waals surface area (Å²) in [5.74, 6) is 0. The van der Waals surface area contributed by atoms with Crippen LogP contribution in [0.15, 0.2) is 35.0 Å². The number of ether oxygens (including phenoxy) is 9. The van der Waals surface area contributed by atoms with Crippen molar-refractivity contribution in [3.8, 4) is 0 Å². The fraction of sp³-hybridized carbons (Fsp3) is 0.742. The van der Waals surface area contributed by atoms with Gasteiger partial charge in [0.05, 0.1) is 79.3 Å². The number of aliphatic hydroxyl groups is 4. The minimum atomic E-state index is -5.48. The summed E-state index contributed by atoms with van der Waals surface area (Å²) in [6.45, 7) is -6.03. The van der Waals surface area contributed by atoms with Crippen LogP contribution in [0.1, 0.15) is 9.75 Å². The number of aliphatic hydroxyl groups excluding tert-OH is 4. The summed E-state index contributed by atoms with van der Waals surface area (Å²) in [5, 5.41) is 43.1. The smallest absolute Gasteiger partial charge is 0.388 e. The second-order valence-electron chi connectivity index (χ2n) is 11.1. The normalized spacial score (nSPS) is 15.2. The van der Waals surface area contributed by atoms with Gasteiger partial charge in [-0.05, 0) is 22.9 Å². The van der Waals surface area contributed by atoms with Crippen molar-refractivity contribution in [3.05, 3.63) is 44.8 Å². The van der Waals surface area contributed by atoms with Crippen LogP contribution in [-0.2, 0) is 55.5 Å². The first-order valence-corrected chi connectivity index (χ1v) is 17.8. The molecule has 302 valence electrons. The number of halogens is 6. The third-order valence-electron chi connectivity index (χ3n) is 6.08. The number of hydrogen-bond acceptors (Lipinski definition) is 15. The summed E-state index contributed by atoms with van der Waals surface area (Å²) < 4.78 is 124. The van der Waals surface area contributed by atoms with Crippen molar-refractivity contribution in [3.63, 3.8) is 0 Å². The molecule has 0 saturated carbocycles. The van der Waals surface area contributed by atoms with Crippen molar-refractivity contribution in [1.29, 1.82) is 0 Å². The lowest BCUT2D eigenvalue weighted by Crippen LogP contribution is -2.44. The summed E-state index contributed by atoms with van der Waals surface area (Å²) in [5.41, 5.74) is 0. The number of hydrogen-bond donors (Lipinski definition) is 4. The van der Waals surface area contributed by atoms with E-state index in [4.69, 9.17) is 23.7 Å².